The summed E-state index contributed by atoms with van der Waals surface area (Å²) < 4.78 is 0. The summed E-state index contributed by atoms with van der Waals surface area (Å²) in [6.07, 6.45) is 3.65. The third kappa shape index (κ3) is 3.38. The van der Waals surface area contributed by atoms with Gasteiger partial charge in [0.1, 0.15) is 0 Å². The van der Waals surface area contributed by atoms with Crippen molar-refractivity contribution >= 4 is 0 Å². The molecule has 0 aliphatic carbocycles. The second kappa shape index (κ2) is 5.93. The van der Waals surface area contributed by atoms with Crippen LogP contribution in [0, 0.1) is 20.8 Å². The standard InChI is InChI=1S/C16H21N3/c1-11-9-12(2)19-14(4)16(11)13(3)18-10-15-5-7-17-8-6-15/h5-9,13,18H,10H2,1-4H3. The van der Waals surface area contributed by atoms with Crippen molar-refractivity contribution < 1.29 is 0 Å². The van der Waals surface area contributed by atoms with Crippen molar-refractivity contribution in [1.29, 1.82) is 0 Å². The minimum absolute atomic E-state index is 0.293. The van der Waals surface area contributed by atoms with Crippen LogP contribution in [0.25, 0.3) is 0 Å². The van der Waals surface area contributed by atoms with E-state index in [0.717, 1.165) is 17.9 Å². The Kier molecular flexibility index (Phi) is 4.27. The predicted octanol–water partition coefficient (Wildman–Crippen LogP) is 3.25. The van der Waals surface area contributed by atoms with Gasteiger partial charge in [-0.3, -0.25) is 9.97 Å². The molecule has 0 saturated carbocycles. The van der Waals surface area contributed by atoms with Crippen molar-refractivity contribution in [2.24, 2.45) is 0 Å². The van der Waals surface area contributed by atoms with Crippen molar-refractivity contribution in [2.45, 2.75) is 40.3 Å². The monoisotopic (exact) mass is 255 g/mol. The fourth-order valence-electron chi connectivity index (χ4n) is 2.56. The first-order chi connectivity index (χ1) is 9.08. The molecule has 1 unspecified atom stereocenters. The molecule has 2 aromatic rings. The van der Waals surface area contributed by atoms with Gasteiger partial charge < -0.3 is 5.32 Å². The molecule has 0 fully saturated rings. The normalized spacial score (nSPS) is 12.4. The fraction of sp³-hybridized carbons (Fsp3) is 0.375. The maximum Gasteiger partial charge on any atom is 0.0426 e. The lowest BCUT2D eigenvalue weighted by molar-refractivity contribution is 0.566. The van der Waals surface area contributed by atoms with Gasteiger partial charge in [0.2, 0.25) is 0 Å². The highest BCUT2D eigenvalue weighted by Crippen LogP contribution is 2.21. The van der Waals surface area contributed by atoms with E-state index >= 15 is 0 Å². The van der Waals surface area contributed by atoms with E-state index in [9.17, 15) is 0 Å². The van der Waals surface area contributed by atoms with Crippen molar-refractivity contribution in [3.63, 3.8) is 0 Å². The zero-order valence-electron chi connectivity index (χ0n) is 12.1. The van der Waals surface area contributed by atoms with Gasteiger partial charge in [-0.2, -0.15) is 0 Å². The van der Waals surface area contributed by atoms with Gasteiger partial charge in [-0.15, -0.1) is 0 Å². The van der Waals surface area contributed by atoms with Crippen molar-refractivity contribution in [3.05, 3.63) is 58.7 Å². The molecule has 0 amide bonds. The minimum Gasteiger partial charge on any atom is -0.306 e. The summed E-state index contributed by atoms with van der Waals surface area (Å²) in [5.41, 5.74) is 6.06. The van der Waals surface area contributed by atoms with Crippen molar-refractivity contribution in [1.82, 2.24) is 15.3 Å². The topological polar surface area (TPSA) is 37.8 Å². The van der Waals surface area contributed by atoms with E-state index in [2.05, 4.69) is 42.1 Å². The van der Waals surface area contributed by atoms with Crippen LogP contribution in [0.4, 0.5) is 0 Å². The Bertz CT molecular complexity index is 526. The van der Waals surface area contributed by atoms with E-state index in [0.29, 0.717) is 6.04 Å². The van der Waals surface area contributed by atoms with Crippen LogP contribution in [-0.4, -0.2) is 9.97 Å². The lowest BCUT2D eigenvalue weighted by atomic mass is 10.0. The van der Waals surface area contributed by atoms with Gasteiger partial charge in [0.25, 0.3) is 0 Å². The lowest BCUT2D eigenvalue weighted by Gasteiger charge is -2.19. The molecule has 0 aliphatic rings. The van der Waals surface area contributed by atoms with Crippen LogP contribution in [0.5, 0.6) is 0 Å². The van der Waals surface area contributed by atoms with Crippen LogP contribution in [0.2, 0.25) is 0 Å². The molecule has 2 heterocycles. The Morgan fingerprint density at radius 2 is 1.84 bits per heavy atom. The van der Waals surface area contributed by atoms with E-state index in [4.69, 9.17) is 0 Å². The molecule has 2 rings (SSSR count). The second-order valence-corrected chi connectivity index (χ2v) is 5.04. The number of aromatic nitrogens is 2. The molecule has 0 saturated heterocycles. The molecular weight excluding hydrogens is 234 g/mol. The van der Waals surface area contributed by atoms with Crippen LogP contribution in [0.15, 0.2) is 30.6 Å². The Morgan fingerprint density at radius 1 is 1.16 bits per heavy atom. The Morgan fingerprint density at radius 3 is 2.47 bits per heavy atom. The number of rotatable bonds is 4. The number of nitrogens with zero attached hydrogens (tertiary/aromatic N) is 2. The highest BCUT2D eigenvalue weighted by molar-refractivity contribution is 5.33. The first-order valence-electron chi connectivity index (χ1n) is 6.65. The average molecular weight is 255 g/mol. The van der Waals surface area contributed by atoms with Gasteiger partial charge in [0.05, 0.1) is 0 Å². The predicted molar refractivity (Wildman–Crippen MR) is 77.9 cm³/mol. The summed E-state index contributed by atoms with van der Waals surface area (Å²) in [5, 5.41) is 3.55. The van der Waals surface area contributed by atoms with Gasteiger partial charge in [-0.25, -0.2) is 0 Å². The maximum atomic E-state index is 4.56. The lowest BCUT2D eigenvalue weighted by Crippen LogP contribution is -2.20. The molecule has 0 aromatic carbocycles. The number of pyridine rings is 2. The summed E-state index contributed by atoms with van der Waals surface area (Å²) in [6, 6.07) is 6.51. The number of aryl methyl sites for hydroxylation is 3. The van der Waals surface area contributed by atoms with Crippen LogP contribution in [0.3, 0.4) is 0 Å². The molecule has 0 bridgehead atoms. The molecular formula is C16H21N3. The summed E-state index contributed by atoms with van der Waals surface area (Å²) in [4.78, 5) is 8.59. The second-order valence-electron chi connectivity index (χ2n) is 5.04. The summed E-state index contributed by atoms with van der Waals surface area (Å²) in [7, 11) is 0. The SMILES string of the molecule is Cc1cc(C)c(C(C)NCc2ccncc2)c(C)n1. The number of nitrogens with one attached hydrogen (secondary N) is 1. The van der Waals surface area contributed by atoms with E-state index in [1.54, 1.807) is 0 Å². The first-order valence-corrected chi connectivity index (χ1v) is 6.65. The molecule has 100 valence electrons. The Labute approximate surface area is 115 Å². The molecule has 19 heavy (non-hydrogen) atoms. The highest BCUT2D eigenvalue weighted by Gasteiger charge is 2.12. The minimum atomic E-state index is 0.293. The smallest absolute Gasteiger partial charge is 0.0426 e. The third-order valence-electron chi connectivity index (χ3n) is 3.38. The summed E-state index contributed by atoms with van der Waals surface area (Å²) >= 11 is 0. The van der Waals surface area contributed by atoms with Gasteiger partial charge in [-0.05, 0) is 62.6 Å². The Hall–Kier alpha value is -1.74. The van der Waals surface area contributed by atoms with Crippen LogP contribution in [0.1, 0.15) is 41.0 Å². The van der Waals surface area contributed by atoms with Gasteiger partial charge in [0, 0.05) is 36.4 Å². The molecule has 1 N–H and O–H groups in total. The van der Waals surface area contributed by atoms with Crippen LogP contribution >= 0.6 is 0 Å². The molecule has 2 aromatic heterocycles. The maximum absolute atomic E-state index is 4.56. The Balaban J connectivity index is 2.10. The molecule has 0 radical (unpaired) electrons. The van der Waals surface area contributed by atoms with Gasteiger partial charge >= 0.3 is 0 Å². The first kappa shape index (κ1) is 13.7. The molecule has 3 heteroatoms. The zero-order valence-corrected chi connectivity index (χ0v) is 12.1. The van der Waals surface area contributed by atoms with Gasteiger partial charge in [0.15, 0.2) is 0 Å². The molecule has 1 atom stereocenters. The van der Waals surface area contributed by atoms with E-state index < -0.39 is 0 Å². The molecule has 0 spiro atoms. The molecule has 0 aliphatic heterocycles. The fourth-order valence-corrected chi connectivity index (χ4v) is 2.56. The molecule has 3 nitrogen and oxygen atoms in total. The zero-order chi connectivity index (χ0) is 13.8. The van der Waals surface area contributed by atoms with E-state index in [1.165, 1.54) is 16.7 Å². The third-order valence-corrected chi connectivity index (χ3v) is 3.38. The number of hydrogen-bond donors (Lipinski definition) is 1. The van der Waals surface area contributed by atoms with Crippen LogP contribution in [-0.2, 0) is 6.54 Å². The van der Waals surface area contributed by atoms with Crippen molar-refractivity contribution in [2.75, 3.05) is 0 Å². The quantitative estimate of drug-likeness (QED) is 0.911. The number of hydrogen-bond acceptors (Lipinski definition) is 3. The summed E-state index contributed by atoms with van der Waals surface area (Å²) in [5.74, 6) is 0. The largest absolute Gasteiger partial charge is 0.306 e. The van der Waals surface area contributed by atoms with E-state index in [-0.39, 0.29) is 0 Å². The van der Waals surface area contributed by atoms with Gasteiger partial charge in [-0.1, -0.05) is 0 Å². The average Bonchev–Trinajstić information content (AvgIpc) is 2.36. The van der Waals surface area contributed by atoms with Crippen LogP contribution < -0.4 is 5.32 Å². The summed E-state index contributed by atoms with van der Waals surface area (Å²) in [6.45, 7) is 9.31. The van der Waals surface area contributed by atoms with Crippen molar-refractivity contribution in [3.8, 4) is 0 Å². The highest BCUT2D eigenvalue weighted by atomic mass is 14.9. The van der Waals surface area contributed by atoms with E-state index in [1.807, 2.05) is 31.5 Å².